The maximum absolute atomic E-state index is 12.6. The minimum absolute atomic E-state index is 0.431. The smallest absolute Gasteiger partial charge is 0.255 e. The third-order valence-corrected chi connectivity index (χ3v) is 4.13. The lowest BCUT2D eigenvalue weighted by Crippen LogP contribution is -2.19. The van der Waals surface area contributed by atoms with E-state index in [9.17, 15) is 9.18 Å². The molecule has 5 N–H and O–H groups in total. The van der Waals surface area contributed by atoms with Crippen molar-refractivity contribution in [2.75, 3.05) is 28.4 Å². The molecule has 1 amide bonds. The third-order valence-electron chi connectivity index (χ3n) is 3.92. The van der Waals surface area contributed by atoms with Crippen molar-refractivity contribution in [3.8, 4) is 11.1 Å². The van der Waals surface area contributed by atoms with E-state index in [0.29, 0.717) is 16.5 Å². The van der Waals surface area contributed by atoms with Crippen LogP contribution in [0.2, 0.25) is 0 Å². The molecule has 0 atom stereocenters. The molecule has 0 fully saturated rings. The van der Waals surface area contributed by atoms with Crippen molar-refractivity contribution in [3.05, 3.63) is 72.8 Å². The van der Waals surface area contributed by atoms with Crippen LogP contribution in [-0.4, -0.2) is 17.7 Å². The Morgan fingerprint density at radius 3 is 2.36 bits per heavy atom. The fourth-order valence-electron chi connectivity index (χ4n) is 2.65. The van der Waals surface area contributed by atoms with Crippen LogP contribution in [0, 0.1) is 0 Å². The number of carbonyl (C=O) groups excluding carboxylic acids is 1. The van der Waals surface area contributed by atoms with Crippen molar-refractivity contribution in [1.29, 1.82) is 0 Å². The van der Waals surface area contributed by atoms with E-state index in [1.165, 1.54) is 0 Å². The van der Waals surface area contributed by atoms with Gasteiger partial charge in [0, 0.05) is 28.3 Å². The molecule has 5 nitrogen and oxygen atoms in total. The van der Waals surface area contributed by atoms with Crippen molar-refractivity contribution in [2.45, 2.75) is 0 Å². The van der Waals surface area contributed by atoms with Gasteiger partial charge in [-0.1, -0.05) is 30.3 Å². The van der Waals surface area contributed by atoms with Gasteiger partial charge in [-0.3, -0.25) is 4.79 Å². The highest BCUT2D eigenvalue weighted by Gasteiger charge is 2.09. The summed E-state index contributed by atoms with van der Waals surface area (Å²) >= 11 is 5.36. The third kappa shape index (κ3) is 5.05. The lowest BCUT2D eigenvalue weighted by Gasteiger charge is -2.14. The van der Waals surface area contributed by atoms with Crippen LogP contribution in [0.5, 0.6) is 0 Å². The summed E-state index contributed by atoms with van der Waals surface area (Å²) in [6.45, 7) is -1.07. The predicted octanol–water partition coefficient (Wildman–Crippen LogP) is 4.65. The highest BCUT2D eigenvalue weighted by molar-refractivity contribution is 7.80. The van der Waals surface area contributed by atoms with E-state index in [1.807, 2.05) is 48.5 Å². The van der Waals surface area contributed by atoms with Crippen LogP contribution in [0.3, 0.4) is 0 Å². The Kier molecular flexibility index (Phi) is 6.18. The average Bonchev–Trinajstić information content (AvgIpc) is 2.70. The molecule has 0 radical (unpaired) electrons. The molecule has 0 aliphatic carbocycles. The summed E-state index contributed by atoms with van der Waals surface area (Å²) in [5, 5.41) is 9.22. The van der Waals surface area contributed by atoms with E-state index in [4.69, 9.17) is 18.0 Å². The van der Waals surface area contributed by atoms with Crippen molar-refractivity contribution < 1.29 is 9.18 Å². The maximum Gasteiger partial charge on any atom is 0.255 e. The van der Waals surface area contributed by atoms with Gasteiger partial charge in [-0.15, -0.1) is 0 Å². The summed E-state index contributed by atoms with van der Waals surface area (Å²) in [6.07, 6.45) is 0. The topological polar surface area (TPSA) is 79.2 Å². The minimum atomic E-state index is -1.07. The fourth-order valence-corrected chi connectivity index (χ4v) is 2.89. The van der Waals surface area contributed by atoms with Crippen LogP contribution in [0.25, 0.3) is 11.1 Å². The van der Waals surface area contributed by atoms with E-state index >= 15 is 0 Å². The number of carbonyl (C=O) groups is 1. The van der Waals surface area contributed by atoms with Crippen molar-refractivity contribution >= 4 is 46.0 Å². The Morgan fingerprint density at radius 1 is 0.893 bits per heavy atom. The lowest BCUT2D eigenvalue weighted by molar-refractivity contribution is -0.117. The van der Waals surface area contributed by atoms with Crippen molar-refractivity contribution in [2.24, 2.45) is 0 Å². The number of benzene rings is 3. The number of thiocarbonyl (C=S) groups is 1. The molecule has 0 bridgehead atoms. The summed E-state index contributed by atoms with van der Waals surface area (Å²) in [4.78, 5) is 11.4. The second-order valence-electron chi connectivity index (χ2n) is 6.01. The molecule has 28 heavy (non-hydrogen) atoms. The van der Waals surface area contributed by atoms with Gasteiger partial charge in [0.1, 0.15) is 0 Å². The number of para-hydroxylation sites is 1. The minimum Gasteiger partial charge on any atom is -0.399 e. The largest absolute Gasteiger partial charge is 0.399 e. The summed E-state index contributed by atoms with van der Waals surface area (Å²) in [5.41, 5.74) is 10.1. The first-order valence-corrected chi connectivity index (χ1v) is 8.95. The molecule has 0 unspecified atom stereocenters. The molecule has 0 saturated carbocycles. The molecule has 0 aromatic heterocycles. The normalized spacial score (nSPS) is 10.2. The van der Waals surface area contributed by atoms with E-state index in [1.54, 1.807) is 24.3 Å². The standard InChI is InChI=1S/C21H19FN4OS/c22-13-20(27)26-19-7-2-1-6-18(19)14-4-3-5-17(12-14)25-21(28)24-16-10-8-15(23)9-11-16/h1-12H,13,23H2,(H,26,27)(H2,24,25,28). The molecule has 142 valence electrons. The summed E-state index contributed by atoms with van der Waals surface area (Å²) in [7, 11) is 0. The number of anilines is 4. The molecule has 3 rings (SSSR count). The Labute approximate surface area is 167 Å². The lowest BCUT2D eigenvalue weighted by atomic mass is 10.0. The van der Waals surface area contributed by atoms with E-state index in [2.05, 4.69) is 16.0 Å². The van der Waals surface area contributed by atoms with Crippen molar-refractivity contribution in [3.63, 3.8) is 0 Å². The van der Waals surface area contributed by atoms with Crippen LogP contribution >= 0.6 is 12.2 Å². The van der Waals surface area contributed by atoms with E-state index < -0.39 is 12.6 Å². The number of hydrogen-bond donors (Lipinski definition) is 4. The molecule has 7 heteroatoms. The molecular weight excluding hydrogens is 375 g/mol. The first-order chi connectivity index (χ1) is 13.5. The SMILES string of the molecule is Nc1ccc(NC(=S)Nc2cccc(-c3ccccc3NC(=O)CF)c2)cc1. The van der Waals surface area contributed by atoms with Crippen LogP contribution in [-0.2, 0) is 4.79 Å². The molecule has 0 heterocycles. The summed E-state index contributed by atoms with van der Waals surface area (Å²) < 4.78 is 12.6. The number of nitrogens with two attached hydrogens (primary N) is 1. The number of amides is 1. The van der Waals surface area contributed by atoms with Crippen LogP contribution in [0.15, 0.2) is 72.8 Å². The highest BCUT2D eigenvalue weighted by atomic mass is 32.1. The van der Waals surface area contributed by atoms with Gasteiger partial charge >= 0.3 is 0 Å². The van der Waals surface area contributed by atoms with Gasteiger partial charge in [0.25, 0.3) is 5.91 Å². The molecule has 0 spiro atoms. The zero-order chi connectivity index (χ0) is 19.9. The molecular formula is C21H19FN4OS. The predicted molar refractivity (Wildman–Crippen MR) is 117 cm³/mol. The maximum atomic E-state index is 12.6. The molecule has 0 aliphatic heterocycles. The fraction of sp³-hybridized carbons (Fsp3) is 0.0476. The molecule has 0 saturated heterocycles. The first kappa shape index (κ1) is 19.3. The number of nitrogen functional groups attached to an aromatic ring is 1. The Morgan fingerprint density at radius 2 is 1.61 bits per heavy atom. The highest BCUT2D eigenvalue weighted by Crippen LogP contribution is 2.29. The first-order valence-electron chi connectivity index (χ1n) is 8.54. The molecule has 0 aliphatic rings. The van der Waals surface area contributed by atoms with E-state index in [-0.39, 0.29) is 0 Å². The summed E-state index contributed by atoms with van der Waals surface area (Å²) in [5.74, 6) is -0.685. The Bertz CT molecular complexity index is 992. The van der Waals surface area contributed by atoms with Crippen molar-refractivity contribution in [1.82, 2.24) is 0 Å². The molecule has 3 aromatic carbocycles. The number of rotatable bonds is 5. The number of halogens is 1. The van der Waals surface area contributed by atoms with Gasteiger partial charge in [-0.25, -0.2) is 4.39 Å². The van der Waals surface area contributed by atoms with Crippen LogP contribution in [0.4, 0.5) is 27.1 Å². The van der Waals surface area contributed by atoms with Gasteiger partial charge in [-0.2, -0.15) is 0 Å². The Balaban J connectivity index is 1.76. The number of nitrogens with one attached hydrogen (secondary N) is 3. The van der Waals surface area contributed by atoms with Crippen LogP contribution in [0.1, 0.15) is 0 Å². The van der Waals surface area contributed by atoms with Gasteiger partial charge in [0.05, 0.1) is 0 Å². The number of alkyl halides is 1. The van der Waals surface area contributed by atoms with Gasteiger partial charge in [0.15, 0.2) is 11.8 Å². The average molecular weight is 394 g/mol. The molecule has 3 aromatic rings. The second-order valence-corrected chi connectivity index (χ2v) is 6.42. The second kappa shape index (κ2) is 8.96. The monoisotopic (exact) mass is 394 g/mol. The zero-order valence-electron chi connectivity index (χ0n) is 14.9. The zero-order valence-corrected chi connectivity index (χ0v) is 15.7. The summed E-state index contributed by atoms with van der Waals surface area (Å²) in [6, 6.07) is 22.0. The van der Waals surface area contributed by atoms with Crippen LogP contribution < -0.4 is 21.7 Å². The number of hydrogen-bond acceptors (Lipinski definition) is 3. The van der Waals surface area contributed by atoms with Gasteiger partial charge < -0.3 is 21.7 Å². The van der Waals surface area contributed by atoms with E-state index in [0.717, 1.165) is 22.5 Å². The Hall–Kier alpha value is -3.45. The van der Waals surface area contributed by atoms with Gasteiger partial charge in [-0.05, 0) is 60.2 Å². The quantitative estimate of drug-likeness (QED) is 0.374. The van der Waals surface area contributed by atoms with Gasteiger partial charge in [0.2, 0.25) is 0 Å².